The number of aromatic nitrogens is 2. The standard InChI is InChI=1S/C49H54ClN9O5/c1-49(2,35-26-33(29-51)27-36(50)28-35)34-6-8-39(9-7-34)64-31-37-12-17-52-48(53-37)58-20-15-38(16-21-58)56-18-13-32(14-19-56)30-55-22-24-57(25-23-55)41-5-3-4-40-44(41)47(63)59(46(40)62)42-10-11-43(60)54-45(42)61/h3-9,12,17,26-28,32,38,42H,10-11,13-16,18-25,30-31H2,1-2H3,(H,54,60,61). The van der Waals surface area contributed by atoms with Gasteiger partial charge in [-0.2, -0.15) is 5.26 Å². The molecule has 4 aromatic rings. The van der Waals surface area contributed by atoms with E-state index in [4.69, 9.17) is 21.3 Å². The third-order valence-corrected chi connectivity index (χ3v) is 14.2. The number of piperidine rings is 3. The van der Waals surface area contributed by atoms with E-state index in [1.165, 1.54) is 12.8 Å². The van der Waals surface area contributed by atoms with Crippen LogP contribution in [0.3, 0.4) is 0 Å². The van der Waals surface area contributed by atoms with E-state index in [0.717, 1.165) is 111 Å². The number of nitriles is 1. The van der Waals surface area contributed by atoms with Gasteiger partial charge in [0.2, 0.25) is 17.8 Å². The molecule has 14 nitrogen and oxygen atoms in total. The number of hydrogen-bond acceptors (Lipinski definition) is 12. The highest BCUT2D eigenvalue weighted by Gasteiger charge is 2.46. The molecular formula is C49H54ClN9O5. The third-order valence-electron chi connectivity index (χ3n) is 14.0. The second kappa shape index (κ2) is 18.3. The molecule has 5 aliphatic heterocycles. The zero-order valence-electron chi connectivity index (χ0n) is 36.5. The lowest BCUT2D eigenvalue weighted by atomic mass is 9.78. The summed E-state index contributed by atoms with van der Waals surface area (Å²) in [7, 11) is 0. The quantitative estimate of drug-likeness (QED) is 0.181. The van der Waals surface area contributed by atoms with Gasteiger partial charge in [0.05, 0.1) is 34.1 Å². The van der Waals surface area contributed by atoms with Crippen LogP contribution in [0.2, 0.25) is 5.02 Å². The molecular weight excluding hydrogens is 830 g/mol. The fraction of sp³-hybridized carbons (Fsp3) is 0.449. The van der Waals surface area contributed by atoms with Crippen LogP contribution in [0.15, 0.2) is 72.9 Å². The fourth-order valence-electron chi connectivity index (χ4n) is 10.2. The Bertz CT molecular complexity index is 2470. The molecule has 0 spiro atoms. The van der Waals surface area contributed by atoms with E-state index < -0.39 is 23.8 Å². The first-order valence-electron chi connectivity index (χ1n) is 22.5. The maximum absolute atomic E-state index is 13.7. The lowest BCUT2D eigenvalue weighted by Gasteiger charge is -2.43. The van der Waals surface area contributed by atoms with E-state index in [2.05, 4.69) is 61.9 Å². The summed E-state index contributed by atoms with van der Waals surface area (Å²) in [5.41, 5.74) is 4.52. The molecule has 5 aliphatic rings. The van der Waals surface area contributed by atoms with Gasteiger partial charge in [-0.15, -0.1) is 0 Å². The summed E-state index contributed by atoms with van der Waals surface area (Å²) in [4.78, 5) is 71.6. The lowest BCUT2D eigenvalue weighted by Crippen LogP contribution is -2.54. The number of amides is 4. The van der Waals surface area contributed by atoms with E-state index in [1.807, 2.05) is 48.7 Å². The summed E-state index contributed by atoms with van der Waals surface area (Å²) >= 11 is 6.31. The summed E-state index contributed by atoms with van der Waals surface area (Å²) in [6, 6.07) is 22.6. The van der Waals surface area contributed by atoms with Crippen molar-refractivity contribution in [3.63, 3.8) is 0 Å². The molecule has 0 radical (unpaired) electrons. The molecule has 0 aliphatic carbocycles. The minimum Gasteiger partial charge on any atom is -0.487 e. The Labute approximate surface area is 379 Å². The molecule has 4 amide bonds. The number of anilines is 2. The molecule has 15 heteroatoms. The monoisotopic (exact) mass is 883 g/mol. The van der Waals surface area contributed by atoms with Crippen LogP contribution in [0.25, 0.3) is 0 Å². The van der Waals surface area contributed by atoms with Crippen LogP contribution in [-0.2, 0) is 21.6 Å². The summed E-state index contributed by atoms with van der Waals surface area (Å²) in [6.45, 7) is 12.9. The molecule has 4 saturated heterocycles. The van der Waals surface area contributed by atoms with Gasteiger partial charge in [0.15, 0.2) is 0 Å². The van der Waals surface area contributed by atoms with Crippen LogP contribution in [-0.4, -0.2) is 119 Å². The Morgan fingerprint density at radius 1 is 0.828 bits per heavy atom. The lowest BCUT2D eigenvalue weighted by molar-refractivity contribution is -0.136. The number of halogens is 1. The first kappa shape index (κ1) is 43.4. The van der Waals surface area contributed by atoms with E-state index in [9.17, 15) is 24.4 Å². The van der Waals surface area contributed by atoms with Crippen molar-refractivity contribution < 1.29 is 23.9 Å². The summed E-state index contributed by atoms with van der Waals surface area (Å²) < 4.78 is 6.16. The minimum atomic E-state index is -0.973. The molecule has 4 fully saturated rings. The Kier molecular flexibility index (Phi) is 12.4. The Hall–Kier alpha value is -5.88. The first-order valence-corrected chi connectivity index (χ1v) is 22.9. The Balaban J connectivity index is 0.708. The Morgan fingerprint density at radius 2 is 1.58 bits per heavy atom. The molecule has 9 rings (SSSR count). The molecule has 1 atom stereocenters. The van der Waals surface area contributed by atoms with Gasteiger partial charge in [-0.05, 0) is 111 Å². The highest BCUT2D eigenvalue weighted by atomic mass is 35.5. The largest absolute Gasteiger partial charge is 0.487 e. The number of piperazine rings is 1. The van der Waals surface area contributed by atoms with E-state index in [0.29, 0.717) is 40.3 Å². The normalized spacial score (nSPS) is 20.7. The van der Waals surface area contributed by atoms with E-state index in [-0.39, 0.29) is 24.2 Å². The number of hydrogen-bond donors (Lipinski definition) is 1. The maximum Gasteiger partial charge on any atom is 0.264 e. The van der Waals surface area contributed by atoms with Gasteiger partial charge in [-0.3, -0.25) is 34.3 Å². The topological polar surface area (TPSA) is 155 Å². The van der Waals surface area contributed by atoms with Gasteiger partial charge >= 0.3 is 0 Å². The number of rotatable bonds is 11. The number of benzene rings is 3. The predicted molar refractivity (Wildman–Crippen MR) is 242 cm³/mol. The van der Waals surface area contributed by atoms with Gasteiger partial charge in [-0.1, -0.05) is 43.6 Å². The van der Waals surface area contributed by atoms with Crippen molar-refractivity contribution in [2.45, 2.75) is 76.5 Å². The Morgan fingerprint density at radius 3 is 2.30 bits per heavy atom. The predicted octanol–water partition coefficient (Wildman–Crippen LogP) is 5.81. The van der Waals surface area contributed by atoms with Crippen molar-refractivity contribution in [3.05, 3.63) is 111 Å². The number of carbonyl (C=O) groups is 4. The average Bonchev–Trinajstić information content (AvgIpc) is 3.57. The fourth-order valence-corrected chi connectivity index (χ4v) is 10.4. The zero-order chi connectivity index (χ0) is 44.5. The SMILES string of the molecule is CC(C)(c1ccc(OCc2ccnc(N3CCC(N4CCC(CN5CCN(c6cccc7c6C(=O)N(C6CCC(=O)NC6=O)C7=O)CC5)CC4)CC3)n2)cc1)c1cc(Cl)cc(C#N)c1. The van der Waals surface area contributed by atoms with Gasteiger partial charge in [0.1, 0.15) is 18.4 Å². The van der Waals surface area contributed by atoms with Gasteiger partial charge in [-0.25, -0.2) is 9.97 Å². The van der Waals surface area contributed by atoms with Crippen LogP contribution >= 0.6 is 11.6 Å². The second-order valence-corrected chi connectivity index (χ2v) is 18.7. The summed E-state index contributed by atoms with van der Waals surface area (Å²) in [5.74, 6) is 0.237. The van der Waals surface area contributed by atoms with Crippen molar-refractivity contribution in [3.8, 4) is 11.8 Å². The molecule has 1 unspecified atom stereocenters. The van der Waals surface area contributed by atoms with Crippen molar-refractivity contribution in [2.75, 3.05) is 68.7 Å². The van der Waals surface area contributed by atoms with Crippen LogP contribution < -0.4 is 19.9 Å². The maximum atomic E-state index is 13.7. The summed E-state index contributed by atoms with van der Waals surface area (Å²) in [5, 5.41) is 12.3. The highest BCUT2D eigenvalue weighted by molar-refractivity contribution is 6.30. The third kappa shape index (κ3) is 8.94. The molecule has 0 saturated carbocycles. The zero-order valence-corrected chi connectivity index (χ0v) is 37.2. The molecule has 3 aromatic carbocycles. The van der Waals surface area contributed by atoms with Crippen molar-refractivity contribution in [2.24, 2.45) is 5.92 Å². The van der Waals surface area contributed by atoms with Crippen molar-refractivity contribution in [1.29, 1.82) is 5.26 Å². The minimum absolute atomic E-state index is 0.0976. The average molecular weight is 884 g/mol. The smallest absolute Gasteiger partial charge is 0.264 e. The molecule has 1 N–H and O–H groups in total. The number of ether oxygens (including phenoxy) is 1. The van der Waals surface area contributed by atoms with Crippen LogP contribution in [0.4, 0.5) is 11.6 Å². The molecule has 64 heavy (non-hydrogen) atoms. The molecule has 332 valence electrons. The number of likely N-dealkylation sites (tertiary alicyclic amines) is 1. The van der Waals surface area contributed by atoms with E-state index >= 15 is 0 Å². The molecule has 1 aromatic heterocycles. The number of carbonyl (C=O) groups excluding carboxylic acids is 4. The second-order valence-electron chi connectivity index (χ2n) is 18.3. The van der Waals surface area contributed by atoms with E-state index in [1.54, 1.807) is 12.1 Å². The number of imide groups is 2. The number of nitrogens with one attached hydrogen (secondary N) is 1. The van der Waals surface area contributed by atoms with Crippen LogP contribution in [0.5, 0.6) is 5.75 Å². The molecule has 6 heterocycles. The van der Waals surface area contributed by atoms with Gasteiger partial charge in [0.25, 0.3) is 11.8 Å². The van der Waals surface area contributed by atoms with Gasteiger partial charge < -0.3 is 19.4 Å². The highest BCUT2D eigenvalue weighted by Crippen LogP contribution is 2.37. The number of nitrogens with zero attached hydrogens (tertiary/aromatic N) is 8. The van der Waals surface area contributed by atoms with Crippen LogP contribution in [0, 0.1) is 17.2 Å². The number of fused-ring (bicyclic) bond motifs is 1. The molecule has 0 bridgehead atoms. The summed E-state index contributed by atoms with van der Waals surface area (Å²) in [6.07, 6.45) is 6.57. The van der Waals surface area contributed by atoms with Crippen molar-refractivity contribution >= 4 is 46.9 Å². The first-order chi connectivity index (χ1) is 30.9. The van der Waals surface area contributed by atoms with Crippen LogP contribution in [0.1, 0.15) is 95.5 Å². The van der Waals surface area contributed by atoms with Crippen molar-refractivity contribution in [1.82, 2.24) is 30.0 Å². The van der Waals surface area contributed by atoms with Gasteiger partial charge in [0, 0.05) is 74.9 Å².